The molecule has 2 aliphatic rings. The Balaban J connectivity index is 1.17. The number of hydrogen-bond acceptors (Lipinski definition) is 12. The number of carbonyl (C=O) groups is 1. The molecule has 0 aliphatic carbocycles. The van der Waals surface area contributed by atoms with Crippen molar-refractivity contribution in [3.63, 3.8) is 0 Å². The molecule has 2 heterocycles. The van der Waals surface area contributed by atoms with Gasteiger partial charge in [-0.3, -0.25) is 4.79 Å². The molecule has 0 N–H and O–H groups in total. The maximum Gasteiger partial charge on any atom is 0.303 e. The van der Waals surface area contributed by atoms with Crippen molar-refractivity contribution < 1.29 is 56.9 Å². The van der Waals surface area contributed by atoms with E-state index in [0.29, 0.717) is 13.2 Å². The molecule has 2 aliphatic heterocycles. The number of carbonyl (C=O) groups excluding carboxylic acids is 1. The monoisotopic (exact) mass is 938 g/mol. The van der Waals surface area contributed by atoms with Crippen LogP contribution in [0.25, 0.3) is 0 Å². The van der Waals surface area contributed by atoms with Gasteiger partial charge in [-0.1, -0.05) is 182 Å². The van der Waals surface area contributed by atoms with Crippen molar-refractivity contribution in [1.82, 2.24) is 0 Å². The lowest BCUT2D eigenvalue weighted by Crippen LogP contribution is -2.66. The minimum atomic E-state index is -1.27. The van der Waals surface area contributed by atoms with E-state index in [9.17, 15) is 4.79 Å². The fraction of sp³-hybridized carbons (Fsp3) is 0.351. The summed E-state index contributed by atoms with van der Waals surface area (Å²) in [5.41, 5.74) is 5.71. The zero-order chi connectivity index (χ0) is 47.5. The van der Waals surface area contributed by atoms with Crippen molar-refractivity contribution in [1.29, 1.82) is 0 Å². The van der Waals surface area contributed by atoms with Crippen LogP contribution in [0.3, 0.4) is 0 Å². The minimum absolute atomic E-state index is 0.0708. The van der Waals surface area contributed by atoms with Gasteiger partial charge in [0, 0.05) is 14.0 Å². The molecule has 2 saturated heterocycles. The van der Waals surface area contributed by atoms with Crippen LogP contribution in [0.15, 0.2) is 182 Å². The largest absolute Gasteiger partial charge is 0.454 e. The lowest BCUT2D eigenvalue weighted by atomic mass is 9.95. The van der Waals surface area contributed by atoms with Gasteiger partial charge < -0.3 is 52.1 Å². The van der Waals surface area contributed by atoms with Gasteiger partial charge in [0.1, 0.15) is 42.7 Å². The van der Waals surface area contributed by atoms with E-state index in [2.05, 4.69) is 0 Å². The van der Waals surface area contributed by atoms with Crippen LogP contribution in [-0.4, -0.2) is 87.7 Å². The number of benzene rings is 6. The Morgan fingerprint density at radius 1 is 0.391 bits per heavy atom. The molecule has 69 heavy (non-hydrogen) atoms. The van der Waals surface area contributed by atoms with Crippen LogP contribution in [0.5, 0.6) is 0 Å². The third-order valence-corrected chi connectivity index (χ3v) is 11.9. The van der Waals surface area contributed by atoms with Crippen LogP contribution >= 0.6 is 0 Å². The first-order valence-electron chi connectivity index (χ1n) is 23.5. The van der Waals surface area contributed by atoms with E-state index < -0.39 is 67.4 Å². The second kappa shape index (κ2) is 26.4. The maximum atomic E-state index is 13.3. The highest BCUT2D eigenvalue weighted by Gasteiger charge is 2.55. The van der Waals surface area contributed by atoms with Crippen molar-refractivity contribution in [2.75, 3.05) is 20.3 Å². The van der Waals surface area contributed by atoms with Gasteiger partial charge in [0.2, 0.25) is 0 Å². The van der Waals surface area contributed by atoms with Crippen molar-refractivity contribution in [3.05, 3.63) is 215 Å². The Labute approximate surface area is 405 Å². The highest BCUT2D eigenvalue weighted by Crippen LogP contribution is 2.36. The molecule has 2 fully saturated rings. The van der Waals surface area contributed by atoms with Crippen molar-refractivity contribution in [2.24, 2.45) is 0 Å². The Hall–Kier alpha value is -5.61. The second-order valence-corrected chi connectivity index (χ2v) is 17.0. The summed E-state index contributed by atoms with van der Waals surface area (Å²) in [5, 5.41) is 0. The van der Waals surface area contributed by atoms with E-state index in [-0.39, 0.29) is 39.6 Å². The number of rotatable bonds is 24. The van der Waals surface area contributed by atoms with Gasteiger partial charge in [-0.25, -0.2) is 0 Å². The SMILES string of the molecule is CO[C@H]1OC(COCc2ccccc2)[C@H](O[C@@H]2OC(COCc3ccccc3)[C@@H](OCc3ccccc3)C(OCc3ccccc3)C2OC(C)=O)C(OCc2ccccc2)C1OCc1ccccc1. The van der Waals surface area contributed by atoms with Crippen molar-refractivity contribution >= 4 is 5.97 Å². The van der Waals surface area contributed by atoms with Gasteiger partial charge in [-0.15, -0.1) is 0 Å². The molecule has 6 unspecified atom stereocenters. The van der Waals surface area contributed by atoms with Gasteiger partial charge in [0.25, 0.3) is 0 Å². The first-order valence-corrected chi connectivity index (χ1v) is 23.5. The second-order valence-electron chi connectivity index (χ2n) is 17.0. The van der Waals surface area contributed by atoms with Gasteiger partial charge in [-0.05, 0) is 33.4 Å². The molecule has 0 radical (unpaired) electrons. The van der Waals surface area contributed by atoms with Crippen LogP contribution in [0.4, 0.5) is 0 Å². The Morgan fingerprint density at radius 3 is 1.09 bits per heavy atom. The van der Waals surface area contributed by atoms with Crippen molar-refractivity contribution in [3.8, 4) is 0 Å². The lowest BCUT2D eigenvalue weighted by Gasteiger charge is -2.49. The van der Waals surface area contributed by atoms with Gasteiger partial charge >= 0.3 is 5.97 Å². The Kier molecular flexibility index (Phi) is 19.0. The average Bonchev–Trinajstić information content (AvgIpc) is 3.39. The summed E-state index contributed by atoms with van der Waals surface area (Å²) in [7, 11) is 1.58. The van der Waals surface area contributed by atoms with E-state index in [1.807, 2.05) is 182 Å². The summed E-state index contributed by atoms with van der Waals surface area (Å²) in [6.07, 6.45) is -9.24. The van der Waals surface area contributed by atoms with E-state index in [4.69, 9.17) is 52.1 Å². The molecule has 0 spiro atoms. The van der Waals surface area contributed by atoms with Crippen LogP contribution in [-0.2, 0) is 96.5 Å². The van der Waals surface area contributed by atoms with Gasteiger partial charge in [-0.2, -0.15) is 0 Å². The third-order valence-electron chi connectivity index (χ3n) is 11.9. The first kappa shape index (κ1) is 49.8. The highest BCUT2D eigenvalue weighted by molar-refractivity contribution is 5.66. The predicted molar refractivity (Wildman–Crippen MR) is 257 cm³/mol. The topological polar surface area (TPSA) is 119 Å². The molecule has 6 aromatic rings. The molecule has 0 amide bonds. The molecular weight excluding hydrogens is 877 g/mol. The zero-order valence-electron chi connectivity index (χ0n) is 39.1. The fourth-order valence-electron chi connectivity index (χ4n) is 8.52. The van der Waals surface area contributed by atoms with E-state index in [1.54, 1.807) is 7.11 Å². The fourth-order valence-corrected chi connectivity index (χ4v) is 8.52. The highest BCUT2D eigenvalue weighted by atomic mass is 16.8. The quantitative estimate of drug-likeness (QED) is 0.0539. The molecule has 12 heteroatoms. The normalized spacial score (nSPS) is 24.7. The summed E-state index contributed by atoms with van der Waals surface area (Å²) in [4.78, 5) is 13.3. The van der Waals surface area contributed by atoms with Crippen LogP contribution < -0.4 is 0 Å². The van der Waals surface area contributed by atoms with Crippen LogP contribution in [0, 0.1) is 0 Å². The molecular formula is C57H62O12. The Morgan fingerprint density at radius 2 is 0.710 bits per heavy atom. The first-order chi connectivity index (χ1) is 34.0. The average molecular weight is 939 g/mol. The van der Waals surface area contributed by atoms with Crippen LogP contribution in [0.1, 0.15) is 40.3 Å². The number of esters is 1. The van der Waals surface area contributed by atoms with E-state index in [1.165, 1.54) is 6.92 Å². The number of hydrogen-bond donors (Lipinski definition) is 0. The summed E-state index contributed by atoms with van der Waals surface area (Å²) in [6, 6.07) is 59.2. The van der Waals surface area contributed by atoms with Crippen LogP contribution in [0.2, 0.25) is 0 Å². The molecule has 0 aromatic heterocycles. The molecule has 10 atom stereocenters. The van der Waals surface area contributed by atoms with E-state index in [0.717, 1.165) is 33.4 Å². The maximum absolute atomic E-state index is 13.3. The minimum Gasteiger partial charge on any atom is -0.454 e. The summed E-state index contributed by atoms with van der Waals surface area (Å²) < 4.78 is 73.6. The summed E-state index contributed by atoms with van der Waals surface area (Å²) in [5.74, 6) is -0.561. The smallest absolute Gasteiger partial charge is 0.303 e. The van der Waals surface area contributed by atoms with E-state index >= 15 is 0 Å². The predicted octanol–water partition coefficient (Wildman–Crippen LogP) is 9.17. The molecule has 8 rings (SSSR count). The molecule has 362 valence electrons. The van der Waals surface area contributed by atoms with Gasteiger partial charge in [0.05, 0.1) is 52.9 Å². The Bertz CT molecular complexity index is 2350. The summed E-state index contributed by atoms with van der Waals surface area (Å²) in [6.45, 7) is 2.96. The molecule has 0 bridgehead atoms. The van der Waals surface area contributed by atoms with Gasteiger partial charge in [0.15, 0.2) is 18.7 Å². The number of methoxy groups -OCH3 is 1. The standard InChI is InChI=1S/C57H62O12/c1-41(58)66-55-52(63-36-45-27-15-6-16-28-45)50(62-35-44-25-13-5-14-26-44)48(39-60-33-42-21-9-3-10-22-42)68-57(55)69-51-49(40-61-34-43-23-11-4-12-24-43)67-56(59-2)54(65-38-47-31-19-8-20-32-47)53(51)64-37-46-29-17-7-18-30-46/h3-32,48-57H,33-40H2,1-2H3/t48?,49?,50-,51+,52?,53?,54?,55?,56+,57+/m1/s1. The third kappa shape index (κ3) is 14.7. The van der Waals surface area contributed by atoms with Crippen molar-refractivity contribution in [2.45, 2.75) is 108 Å². The molecule has 0 saturated carbocycles. The number of ether oxygens (including phenoxy) is 11. The molecule has 6 aromatic carbocycles. The summed E-state index contributed by atoms with van der Waals surface area (Å²) >= 11 is 0. The zero-order valence-corrected chi connectivity index (χ0v) is 39.1. The molecule has 12 nitrogen and oxygen atoms in total. The lowest BCUT2D eigenvalue weighted by molar-refractivity contribution is -0.372.